The van der Waals surface area contributed by atoms with E-state index in [1.807, 2.05) is 0 Å². The largest absolute Gasteiger partial charge is 0.449 e. The van der Waals surface area contributed by atoms with Crippen LogP contribution in [-0.2, 0) is 18.0 Å². The fourth-order valence-corrected chi connectivity index (χ4v) is 4.20. The quantitative estimate of drug-likeness (QED) is 0.467. The number of imidazole rings is 1. The molecule has 0 fully saturated rings. The molecule has 4 rings (SSSR count). The minimum Gasteiger partial charge on any atom is -0.332 e. The molecule has 0 saturated carbocycles. The molecule has 0 atom stereocenters. The maximum Gasteiger partial charge on any atom is 0.449 e. The van der Waals surface area contributed by atoms with E-state index in [0.717, 1.165) is 16.3 Å². The molecule has 2 heterocycles. The second-order valence-electron chi connectivity index (χ2n) is 6.29. The van der Waals surface area contributed by atoms with Crippen molar-refractivity contribution >= 4 is 68.8 Å². The van der Waals surface area contributed by atoms with Gasteiger partial charge in [-0.1, -0.05) is 35.3 Å². The number of carbonyl (C=O) groups is 1. The van der Waals surface area contributed by atoms with Crippen molar-refractivity contribution in [3.05, 3.63) is 62.7 Å². The monoisotopic (exact) mass is 470 g/mol. The summed E-state index contributed by atoms with van der Waals surface area (Å²) in [6.45, 7) is 0. The number of para-hydroxylation sites is 1. The average molecular weight is 471 g/mol. The van der Waals surface area contributed by atoms with Crippen molar-refractivity contribution in [1.29, 1.82) is 0 Å². The normalized spacial score (nSPS) is 15.9. The Hall–Kier alpha value is -2.49. The second kappa shape index (κ2) is 7.64. The molecule has 3 aromatic rings. The number of hydrogen-bond acceptors (Lipinski definition) is 4. The highest BCUT2D eigenvalue weighted by molar-refractivity contribution is 8.18. The lowest BCUT2D eigenvalue weighted by molar-refractivity contribution is -0.146. The van der Waals surface area contributed by atoms with Gasteiger partial charge in [-0.15, -0.1) is 0 Å². The van der Waals surface area contributed by atoms with E-state index in [1.54, 1.807) is 30.3 Å². The first kappa shape index (κ1) is 20.8. The zero-order valence-electron chi connectivity index (χ0n) is 15.1. The van der Waals surface area contributed by atoms with Gasteiger partial charge in [0.1, 0.15) is 0 Å². The molecule has 1 aliphatic rings. The summed E-state index contributed by atoms with van der Waals surface area (Å²) >= 11 is 13.3. The van der Waals surface area contributed by atoms with Crippen LogP contribution in [0.1, 0.15) is 11.4 Å². The van der Waals surface area contributed by atoms with Crippen LogP contribution in [0, 0.1) is 0 Å². The first-order valence-electron chi connectivity index (χ1n) is 8.41. The minimum atomic E-state index is -4.56. The Balaban J connectivity index is 1.61. The van der Waals surface area contributed by atoms with Gasteiger partial charge in [0.15, 0.2) is 5.17 Å². The highest BCUT2D eigenvalue weighted by atomic mass is 35.5. The Morgan fingerprint density at radius 3 is 2.53 bits per heavy atom. The zero-order valence-corrected chi connectivity index (χ0v) is 17.4. The van der Waals surface area contributed by atoms with Gasteiger partial charge in [0.2, 0.25) is 5.82 Å². The molecule has 0 spiro atoms. The Bertz CT molecular complexity index is 1230. The van der Waals surface area contributed by atoms with Crippen molar-refractivity contribution in [2.75, 3.05) is 5.32 Å². The van der Waals surface area contributed by atoms with Crippen LogP contribution in [-0.4, -0.2) is 20.6 Å². The van der Waals surface area contributed by atoms with Crippen LogP contribution in [0.3, 0.4) is 0 Å². The Morgan fingerprint density at radius 2 is 1.87 bits per heavy atom. The van der Waals surface area contributed by atoms with Gasteiger partial charge in [0, 0.05) is 7.05 Å². The number of anilines is 1. The second-order valence-corrected chi connectivity index (χ2v) is 8.14. The summed E-state index contributed by atoms with van der Waals surface area (Å²) in [5, 5.41) is 3.97. The van der Waals surface area contributed by atoms with Gasteiger partial charge < -0.3 is 9.88 Å². The molecular formula is C19H11Cl2F3N4OS. The van der Waals surface area contributed by atoms with E-state index in [2.05, 4.69) is 15.3 Å². The number of carbonyl (C=O) groups excluding carboxylic acids is 1. The maximum atomic E-state index is 13.1. The number of nitrogens with one attached hydrogen (secondary N) is 1. The van der Waals surface area contributed by atoms with Crippen LogP contribution in [0.15, 0.2) is 46.3 Å². The van der Waals surface area contributed by atoms with Crippen molar-refractivity contribution in [2.24, 2.45) is 12.0 Å². The fraction of sp³-hybridized carbons (Fsp3) is 0.105. The molecule has 0 bridgehead atoms. The molecule has 30 heavy (non-hydrogen) atoms. The smallest absolute Gasteiger partial charge is 0.332 e. The molecule has 11 heteroatoms. The van der Waals surface area contributed by atoms with E-state index >= 15 is 0 Å². The van der Waals surface area contributed by atoms with Crippen LogP contribution in [0.5, 0.6) is 0 Å². The third-order valence-corrected chi connectivity index (χ3v) is 5.80. The number of rotatable bonds is 2. The number of aryl methyl sites for hydroxylation is 1. The third kappa shape index (κ3) is 3.92. The van der Waals surface area contributed by atoms with Gasteiger partial charge in [-0.25, -0.2) is 4.98 Å². The van der Waals surface area contributed by atoms with Crippen molar-refractivity contribution in [3.8, 4) is 0 Å². The number of aliphatic imine (C=N–C) groups is 1. The van der Waals surface area contributed by atoms with Crippen LogP contribution in [0.25, 0.3) is 17.1 Å². The molecule has 1 amide bonds. The average Bonchev–Trinajstić information content (AvgIpc) is 3.18. The van der Waals surface area contributed by atoms with Crippen LogP contribution in [0.2, 0.25) is 10.0 Å². The molecular weight excluding hydrogens is 460 g/mol. The standard InChI is InChI=1S/C19H11Cl2F3N4OS/c1-28-13-7-9(5-6-12(13)25-17(28)19(22,23)24)8-14-16(29)27-18(30-14)26-15-10(20)3-2-4-11(15)21/h2-8H,1H3,(H,26,27,29)/b14-8-. The van der Waals surface area contributed by atoms with E-state index in [0.29, 0.717) is 36.9 Å². The van der Waals surface area contributed by atoms with E-state index in [-0.39, 0.29) is 5.52 Å². The van der Waals surface area contributed by atoms with Crippen LogP contribution < -0.4 is 5.32 Å². The summed E-state index contributed by atoms with van der Waals surface area (Å²) in [7, 11) is 1.29. The van der Waals surface area contributed by atoms with Crippen molar-refractivity contribution in [3.63, 3.8) is 0 Å². The highest BCUT2D eigenvalue weighted by Crippen LogP contribution is 2.35. The molecule has 0 saturated heterocycles. The number of fused-ring (bicyclic) bond motifs is 1. The van der Waals surface area contributed by atoms with E-state index in [9.17, 15) is 18.0 Å². The molecule has 5 nitrogen and oxygen atoms in total. The summed E-state index contributed by atoms with van der Waals surface area (Å²) < 4.78 is 40.2. The molecule has 0 unspecified atom stereocenters. The Morgan fingerprint density at radius 1 is 1.17 bits per heavy atom. The summed E-state index contributed by atoms with van der Waals surface area (Å²) in [5.41, 5.74) is 1.48. The van der Waals surface area contributed by atoms with E-state index in [4.69, 9.17) is 23.2 Å². The minimum absolute atomic E-state index is 0.212. The summed E-state index contributed by atoms with van der Waals surface area (Å²) in [5.74, 6) is -1.47. The van der Waals surface area contributed by atoms with Gasteiger partial charge in [-0.3, -0.25) is 4.79 Å². The number of hydrogen-bond donors (Lipinski definition) is 1. The number of alkyl halides is 3. The molecule has 1 N–H and O–H groups in total. The first-order chi connectivity index (χ1) is 14.1. The van der Waals surface area contributed by atoms with Crippen molar-refractivity contribution < 1.29 is 18.0 Å². The lowest BCUT2D eigenvalue weighted by Gasteiger charge is -2.08. The predicted molar refractivity (Wildman–Crippen MR) is 114 cm³/mol. The Labute approximate surface area is 182 Å². The number of amides is 1. The molecule has 0 radical (unpaired) electrons. The van der Waals surface area contributed by atoms with E-state index in [1.165, 1.54) is 19.2 Å². The number of thioether (sulfide) groups is 1. The maximum absolute atomic E-state index is 13.1. The Kier molecular flexibility index (Phi) is 5.29. The molecule has 0 aliphatic carbocycles. The fourth-order valence-electron chi connectivity index (χ4n) is 2.89. The summed E-state index contributed by atoms with van der Waals surface area (Å²) in [6, 6.07) is 9.58. The summed E-state index contributed by atoms with van der Waals surface area (Å²) in [4.78, 5) is 20.1. The molecule has 154 valence electrons. The lowest BCUT2D eigenvalue weighted by atomic mass is 10.2. The molecule has 1 aromatic heterocycles. The van der Waals surface area contributed by atoms with Crippen molar-refractivity contribution in [1.82, 2.24) is 9.55 Å². The van der Waals surface area contributed by atoms with Crippen LogP contribution >= 0.6 is 35.0 Å². The zero-order chi connectivity index (χ0) is 21.6. The molecule has 2 aromatic carbocycles. The topological polar surface area (TPSA) is 59.3 Å². The third-order valence-electron chi connectivity index (χ3n) is 4.27. The number of halogens is 5. The number of amidine groups is 1. The van der Waals surface area contributed by atoms with Crippen molar-refractivity contribution in [2.45, 2.75) is 6.18 Å². The summed E-state index contributed by atoms with van der Waals surface area (Å²) in [6.07, 6.45) is -3.00. The first-order valence-corrected chi connectivity index (χ1v) is 9.98. The van der Waals surface area contributed by atoms with Gasteiger partial charge in [-0.2, -0.15) is 18.2 Å². The number of nitrogens with zero attached hydrogens (tertiary/aromatic N) is 3. The van der Waals surface area contributed by atoms with Gasteiger partial charge in [-0.05, 0) is 47.7 Å². The van der Waals surface area contributed by atoms with Gasteiger partial charge in [0.05, 0.1) is 31.7 Å². The van der Waals surface area contributed by atoms with Gasteiger partial charge >= 0.3 is 6.18 Å². The lowest BCUT2D eigenvalue weighted by Crippen LogP contribution is -2.12. The SMILES string of the molecule is Cn1c(C(F)(F)F)nc2ccc(/C=C3\SC(Nc4c(Cl)cccc4Cl)=NC3=O)cc21. The number of benzene rings is 2. The number of aromatic nitrogens is 2. The highest BCUT2D eigenvalue weighted by Gasteiger charge is 2.36. The predicted octanol–water partition coefficient (Wildman–Crippen LogP) is 5.98. The van der Waals surface area contributed by atoms with Gasteiger partial charge in [0.25, 0.3) is 5.91 Å². The molecule has 1 aliphatic heterocycles. The van der Waals surface area contributed by atoms with E-state index < -0.39 is 17.9 Å². The van der Waals surface area contributed by atoms with Crippen LogP contribution in [0.4, 0.5) is 18.9 Å².